The van der Waals surface area contributed by atoms with Crippen LogP contribution in [-0.2, 0) is 149 Å². The standard InChI is InChI=1S/C49H76O52/c50-6-13-5-14-30(88-59)31(89-60)23(13)82-44-38(96-67)32(90-61)26(15(7-51)76-44)86-49-43(101-72)37(95-66)29(20(81-49)12-74-4-2-22(57)58)87-47-41(99-70)34(92-63)25(17(9-53)79-47)84-45-39(97-68)33(91-62)24(16(8-52)77-45)83-46-40(98-69)35(93-64)27(18(10-54)78-46)85-48-42(100-71)36(94-65)28(75-14)19(80-48)11-73-3-1-21(55)56/h1-4,13-20,23-54,59-72H,5-12H2,(H,55,56)(H,57,58)/b3-1+,4-2+/t13?,14-,15?,16?,17?,18?,19?,20?,23?,24?,25?,26?,27?,28?,29?,30-,31+,32+,33+,34+,35+,36+,37+,38+,39+,40?,41+,42+,43+,44+,45+,46+,47+,48+,49?/m1/s1. The first-order valence-electron chi connectivity index (χ1n) is 29.7. The maximum Gasteiger partial charge on any atom is 0.331 e. The number of aliphatic hydroxyl groups is 5. The number of rotatable bonds is 27. The zero-order chi connectivity index (χ0) is 73.4. The molecule has 35 atom stereocenters. The fraction of sp³-hybridized carbons (Fsp3) is 0.878. The summed E-state index contributed by atoms with van der Waals surface area (Å²) >= 11 is 0. The summed E-state index contributed by atoms with van der Waals surface area (Å²) in [4.78, 5) is 87.9. The maximum atomic E-state index is 11.5. The number of ether oxygens (including phenoxy) is 15. The first-order valence-corrected chi connectivity index (χ1v) is 29.7. The Labute approximate surface area is 561 Å². The molecule has 21 fully saturated rings. The van der Waals surface area contributed by atoms with Crippen molar-refractivity contribution in [2.75, 3.05) is 46.2 Å². The lowest BCUT2D eigenvalue weighted by Gasteiger charge is -2.50. The molecule has 21 N–H and O–H groups in total. The highest BCUT2D eigenvalue weighted by molar-refractivity contribution is 5.79. The van der Waals surface area contributed by atoms with Crippen LogP contribution in [0.25, 0.3) is 0 Å². The Morgan fingerprint density at radius 1 is 0.277 bits per heavy atom. The first kappa shape index (κ1) is 82.8. The molecule has 52 nitrogen and oxygen atoms in total. The van der Waals surface area contributed by atoms with Crippen LogP contribution in [-0.4, -0.2) is 376 Å². The molecule has 21 aliphatic rings. The van der Waals surface area contributed by atoms with E-state index < -0.39 is 279 Å². The number of carbonyl (C=O) groups is 2. The topological polar surface area (TPSA) is 727 Å². The summed E-state index contributed by atoms with van der Waals surface area (Å²) in [6, 6.07) is 0. The largest absolute Gasteiger partial charge is 0.498 e. The molecule has 1 saturated carbocycles. The highest BCUT2D eigenvalue weighted by Gasteiger charge is 2.64. The molecule has 20 aliphatic heterocycles. The van der Waals surface area contributed by atoms with Gasteiger partial charge in [0, 0.05) is 12.5 Å². The van der Waals surface area contributed by atoms with Crippen LogP contribution in [0.3, 0.4) is 0 Å². The average Bonchev–Trinajstić information content (AvgIpc) is 0.769. The van der Waals surface area contributed by atoms with Gasteiger partial charge in [0.25, 0.3) is 0 Å². The molecule has 20 saturated heterocycles. The third-order valence-corrected chi connectivity index (χ3v) is 17.4. The lowest BCUT2D eigenvalue weighted by Crippen LogP contribution is -2.69. The molecule has 101 heavy (non-hydrogen) atoms. The van der Waals surface area contributed by atoms with E-state index in [1.54, 1.807) is 0 Å². The third kappa shape index (κ3) is 18.3. The minimum absolute atomic E-state index is 0.462. The number of aliphatic hydroxyl groups excluding tert-OH is 5. The molecule has 14 bridgehead atoms. The van der Waals surface area contributed by atoms with Crippen molar-refractivity contribution < 1.29 is 258 Å². The summed E-state index contributed by atoms with van der Waals surface area (Å²) in [5.41, 5.74) is 0. The molecule has 0 aromatic rings. The highest BCUT2D eigenvalue weighted by Crippen LogP contribution is 2.44. The van der Waals surface area contributed by atoms with Gasteiger partial charge < -0.3 is 107 Å². The smallest absolute Gasteiger partial charge is 0.331 e. The van der Waals surface area contributed by atoms with Gasteiger partial charge in [-0.25, -0.2) is 78.0 Å². The average molecular weight is 1500 g/mol. The van der Waals surface area contributed by atoms with E-state index in [1.165, 1.54) is 0 Å². The molecule has 0 aromatic heterocycles. The molecule has 21 rings (SSSR count). The van der Waals surface area contributed by atoms with Crippen LogP contribution < -0.4 is 0 Å². The van der Waals surface area contributed by atoms with Gasteiger partial charge in [-0.05, 0) is 6.42 Å². The predicted octanol–water partition coefficient (Wildman–Crippen LogP) is -6.36. The summed E-state index contributed by atoms with van der Waals surface area (Å²) in [6.07, 6.45) is -72.4. The minimum Gasteiger partial charge on any atom is -0.498 e. The summed E-state index contributed by atoms with van der Waals surface area (Å²) in [7, 11) is 0. The van der Waals surface area contributed by atoms with Crippen LogP contribution in [0.1, 0.15) is 6.42 Å². The zero-order valence-corrected chi connectivity index (χ0v) is 51.2. The second-order valence-corrected chi connectivity index (χ2v) is 22.8. The number of hydrogen-bond acceptors (Lipinski definition) is 50. The van der Waals surface area contributed by atoms with E-state index >= 15 is 0 Å². The Hall–Kier alpha value is -3.82. The molecule has 0 radical (unpaired) electrons. The van der Waals surface area contributed by atoms with E-state index in [4.69, 9.17) is 85.7 Å². The van der Waals surface area contributed by atoms with Gasteiger partial charge in [0.1, 0.15) is 86.5 Å². The van der Waals surface area contributed by atoms with Crippen molar-refractivity contribution in [2.24, 2.45) is 5.92 Å². The van der Waals surface area contributed by atoms with Crippen LogP contribution in [0.5, 0.6) is 0 Å². The van der Waals surface area contributed by atoms with E-state index in [-0.39, 0.29) is 0 Å². The molecule has 16 unspecified atom stereocenters. The van der Waals surface area contributed by atoms with E-state index in [0.29, 0.717) is 24.7 Å². The van der Waals surface area contributed by atoms with Gasteiger partial charge in [0.05, 0.1) is 63.3 Å². The van der Waals surface area contributed by atoms with Gasteiger partial charge in [-0.3, -0.25) is 73.6 Å². The molecular formula is C49H76O52. The van der Waals surface area contributed by atoms with Crippen LogP contribution in [0.15, 0.2) is 24.7 Å². The van der Waals surface area contributed by atoms with Crippen molar-refractivity contribution in [3.63, 3.8) is 0 Å². The zero-order valence-electron chi connectivity index (χ0n) is 51.2. The van der Waals surface area contributed by atoms with Crippen LogP contribution in [0.2, 0.25) is 0 Å². The van der Waals surface area contributed by atoms with E-state index in [9.17, 15) is 119 Å². The first-order chi connectivity index (χ1) is 48.9. The molecular weight excluding hydrogens is 1420 g/mol. The number of aliphatic carboxylic acids is 2. The van der Waals surface area contributed by atoms with Crippen LogP contribution in [0.4, 0.5) is 0 Å². The molecule has 52 heteroatoms. The molecule has 0 aromatic carbocycles. The predicted molar refractivity (Wildman–Crippen MR) is 284 cm³/mol. The Bertz CT molecular complexity index is 2460. The quantitative estimate of drug-likeness (QED) is 0.0157. The maximum absolute atomic E-state index is 11.5. The second kappa shape index (κ2) is 39.7. The molecule has 584 valence electrons. The van der Waals surface area contributed by atoms with Crippen LogP contribution >= 0.6 is 0 Å². The Morgan fingerprint density at radius 2 is 0.495 bits per heavy atom. The molecule has 1 aliphatic carbocycles. The SMILES string of the molecule is O=C(O)/C=C/OCC1O[C@H]2OC3C(CO)O[C@@H](OC4C(CO)O[C@@H](OC5C(CO)O[C@@H](OC6C(CO/C=C/C(=O)O)OC(OC7C(CO)O[C@@H](OC8C(CO)C[C@@H](OC1[C@H](OO)[C@@H]2OO)[C@@H](OO)[C@H]8OO)[C@@H](OO)[C@H]7OO)[C@@H](OO)[C@H]6OO)[C@@H](OO)[C@H]5OO)[C@@H](OO)[C@H]4OO)C(OO)[C@H]3OO. The van der Waals surface area contributed by atoms with Crippen molar-refractivity contribution >= 4 is 11.9 Å². The summed E-state index contributed by atoms with van der Waals surface area (Å²) in [5, 5.41) is 220. The number of hydrogen-bond donors (Lipinski definition) is 21. The second-order valence-electron chi connectivity index (χ2n) is 22.8. The lowest BCUT2D eigenvalue weighted by molar-refractivity contribution is -0.484. The van der Waals surface area contributed by atoms with Crippen molar-refractivity contribution in [3.05, 3.63) is 24.7 Å². The van der Waals surface area contributed by atoms with E-state index in [0.717, 1.165) is 0 Å². The van der Waals surface area contributed by atoms with Crippen molar-refractivity contribution in [1.29, 1.82) is 0 Å². The van der Waals surface area contributed by atoms with Crippen molar-refractivity contribution in [1.82, 2.24) is 0 Å². The fourth-order valence-corrected chi connectivity index (χ4v) is 12.8. The lowest BCUT2D eigenvalue weighted by atomic mass is 9.80. The summed E-state index contributed by atoms with van der Waals surface area (Å²) < 4.78 is 88.6. The van der Waals surface area contributed by atoms with Gasteiger partial charge >= 0.3 is 11.9 Å². The van der Waals surface area contributed by atoms with E-state index in [1.807, 2.05) is 0 Å². The Morgan fingerprint density at radius 3 is 0.723 bits per heavy atom. The number of carboxylic acid groups (broad SMARTS) is 2. The van der Waals surface area contributed by atoms with E-state index in [2.05, 4.69) is 53.8 Å². The van der Waals surface area contributed by atoms with Gasteiger partial charge in [-0.2, -0.15) is 0 Å². The number of carboxylic acids is 2. The molecule has 0 amide bonds. The van der Waals surface area contributed by atoms with Crippen molar-refractivity contribution in [3.8, 4) is 0 Å². The fourth-order valence-electron chi connectivity index (χ4n) is 12.8. The van der Waals surface area contributed by atoms with Gasteiger partial charge in [0.15, 0.2) is 123 Å². The highest BCUT2D eigenvalue weighted by atomic mass is 17.2. The molecule has 0 spiro atoms. The van der Waals surface area contributed by atoms with Crippen molar-refractivity contribution in [2.45, 2.75) is 215 Å². The summed E-state index contributed by atoms with van der Waals surface area (Å²) in [6.45, 7) is -7.93. The minimum atomic E-state index is -2.33. The Balaban J connectivity index is 1.23. The summed E-state index contributed by atoms with van der Waals surface area (Å²) in [5.74, 6) is -4.65. The van der Waals surface area contributed by atoms with Gasteiger partial charge in [-0.1, -0.05) is 0 Å². The molecule has 20 heterocycles. The normalized spacial score (nSPS) is 45.0. The third-order valence-electron chi connectivity index (χ3n) is 17.4. The van der Waals surface area contributed by atoms with Gasteiger partial charge in [-0.15, -0.1) is 0 Å². The monoisotopic (exact) mass is 1500 g/mol. The Kier molecular flexibility index (Phi) is 32.5. The van der Waals surface area contributed by atoms with Gasteiger partial charge in [0.2, 0.25) is 0 Å². The van der Waals surface area contributed by atoms with Crippen LogP contribution in [0, 0.1) is 5.92 Å².